The van der Waals surface area contributed by atoms with E-state index in [4.69, 9.17) is 15.9 Å². The minimum Gasteiger partial charge on any atom is -0.480 e. The molecule has 30 heavy (non-hydrogen) atoms. The van der Waals surface area contributed by atoms with E-state index < -0.39 is 60.6 Å². The van der Waals surface area contributed by atoms with E-state index in [9.17, 15) is 24.3 Å². The third kappa shape index (κ3) is 10.2. The molecule has 0 fully saturated rings. The van der Waals surface area contributed by atoms with Gasteiger partial charge in [0.15, 0.2) is 0 Å². The minimum atomic E-state index is -1.59. The van der Waals surface area contributed by atoms with Gasteiger partial charge in [-0.15, -0.1) is 0 Å². The highest BCUT2D eigenvalue weighted by Gasteiger charge is 2.32. The van der Waals surface area contributed by atoms with E-state index in [0.29, 0.717) is 12.2 Å². The lowest BCUT2D eigenvalue weighted by molar-refractivity contribution is -0.144. The molecule has 11 nitrogen and oxygen atoms in total. The van der Waals surface area contributed by atoms with Crippen molar-refractivity contribution in [3.05, 3.63) is 0 Å². The summed E-state index contributed by atoms with van der Waals surface area (Å²) in [6.07, 6.45) is 1.16. The molecule has 0 spiro atoms. The van der Waals surface area contributed by atoms with Gasteiger partial charge in [-0.25, -0.2) is 4.79 Å². The van der Waals surface area contributed by atoms with Gasteiger partial charge in [-0.1, -0.05) is 13.8 Å². The Morgan fingerprint density at radius 2 is 1.53 bits per heavy atom. The predicted molar refractivity (Wildman–Crippen MR) is 113 cm³/mol. The topological polar surface area (TPSA) is 191 Å². The van der Waals surface area contributed by atoms with Crippen molar-refractivity contribution in [2.75, 3.05) is 18.6 Å². The van der Waals surface area contributed by atoms with Crippen LogP contribution >= 0.6 is 11.8 Å². The number of nitrogens with one attached hydrogen (secondary N) is 3. The molecule has 0 aliphatic carbocycles. The Morgan fingerprint density at radius 1 is 0.967 bits per heavy atom. The first-order valence-electron chi connectivity index (χ1n) is 9.61. The zero-order chi connectivity index (χ0) is 23.4. The molecule has 174 valence electrons. The average Bonchev–Trinajstić information content (AvgIpc) is 2.65. The maximum Gasteiger partial charge on any atom is 0.328 e. The number of amides is 3. The van der Waals surface area contributed by atoms with Gasteiger partial charge in [0, 0.05) is 0 Å². The summed E-state index contributed by atoms with van der Waals surface area (Å²) in [7, 11) is 0. The van der Waals surface area contributed by atoms with Gasteiger partial charge >= 0.3 is 5.97 Å². The molecule has 0 heterocycles. The Morgan fingerprint density at radius 3 is 1.97 bits per heavy atom. The fraction of sp³-hybridized carbons (Fsp3) is 0.778. The molecule has 8 N–H and O–H groups in total. The highest BCUT2D eigenvalue weighted by Crippen LogP contribution is 2.06. The second-order valence-corrected chi connectivity index (χ2v) is 8.37. The molecule has 0 aliphatic rings. The van der Waals surface area contributed by atoms with E-state index >= 15 is 0 Å². The van der Waals surface area contributed by atoms with Gasteiger partial charge in [-0.05, 0) is 37.7 Å². The maximum absolute atomic E-state index is 12.7. The van der Waals surface area contributed by atoms with E-state index in [1.165, 1.54) is 18.7 Å². The lowest BCUT2D eigenvalue weighted by atomic mass is 10.0. The largest absolute Gasteiger partial charge is 0.480 e. The number of rotatable bonds is 14. The van der Waals surface area contributed by atoms with E-state index in [1.807, 2.05) is 25.4 Å². The second-order valence-electron chi connectivity index (χ2n) is 7.39. The lowest BCUT2D eigenvalue weighted by Crippen LogP contribution is -2.60. The average molecular weight is 451 g/mol. The van der Waals surface area contributed by atoms with Crippen LogP contribution < -0.4 is 21.7 Å². The van der Waals surface area contributed by atoms with Crippen LogP contribution in [0, 0.1) is 5.92 Å². The SMILES string of the molecule is CSCCC(NC(=O)C(N)CC(C)C)C(=O)NC(C(=O)NC(CO)C(=O)O)C(C)O. The Labute approximate surface area is 180 Å². The molecule has 0 rings (SSSR count). The summed E-state index contributed by atoms with van der Waals surface area (Å²) in [5, 5.41) is 34.8. The summed E-state index contributed by atoms with van der Waals surface area (Å²) in [5.41, 5.74) is 5.86. The number of aliphatic carboxylic acids is 1. The Hall–Kier alpha value is -1.89. The van der Waals surface area contributed by atoms with Gasteiger partial charge in [0.2, 0.25) is 17.7 Å². The van der Waals surface area contributed by atoms with Crippen LogP contribution in [0.25, 0.3) is 0 Å². The minimum absolute atomic E-state index is 0.182. The molecular formula is C18H34N4O7S. The Bertz CT molecular complexity index is 589. The van der Waals surface area contributed by atoms with Crippen molar-refractivity contribution in [2.45, 2.75) is 63.9 Å². The molecule has 0 aromatic heterocycles. The van der Waals surface area contributed by atoms with Gasteiger partial charge in [-0.2, -0.15) is 11.8 Å². The van der Waals surface area contributed by atoms with Gasteiger partial charge < -0.3 is 37.0 Å². The van der Waals surface area contributed by atoms with Crippen molar-refractivity contribution in [3.8, 4) is 0 Å². The number of nitrogens with two attached hydrogens (primary N) is 1. The van der Waals surface area contributed by atoms with Crippen LogP contribution in [0.15, 0.2) is 0 Å². The van der Waals surface area contributed by atoms with Crippen molar-refractivity contribution in [3.63, 3.8) is 0 Å². The predicted octanol–water partition coefficient (Wildman–Crippen LogP) is -1.97. The van der Waals surface area contributed by atoms with Gasteiger partial charge in [0.05, 0.1) is 18.8 Å². The molecule has 5 atom stereocenters. The summed E-state index contributed by atoms with van der Waals surface area (Å²) in [4.78, 5) is 48.3. The highest BCUT2D eigenvalue weighted by molar-refractivity contribution is 7.98. The standard InChI is InChI=1S/C18H34N4O7S/c1-9(2)7-11(19)15(25)20-12(5-6-30-4)16(26)22-14(10(3)24)17(27)21-13(8-23)18(28)29/h9-14,23-24H,5-8,19H2,1-4H3,(H,20,25)(H,21,27)(H,22,26)(H,28,29). The fourth-order valence-corrected chi connectivity index (χ4v) is 2.98. The van der Waals surface area contributed by atoms with E-state index in [2.05, 4.69) is 10.6 Å². The normalized spacial score (nSPS) is 16.1. The number of carboxylic acids is 1. The molecular weight excluding hydrogens is 416 g/mol. The second kappa shape index (κ2) is 14.2. The van der Waals surface area contributed by atoms with Crippen LogP contribution in [0.2, 0.25) is 0 Å². The highest BCUT2D eigenvalue weighted by atomic mass is 32.2. The third-order valence-corrected chi connectivity index (χ3v) is 4.81. The molecule has 0 saturated carbocycles. The molecule has 5 unspecified atom stereocenters. The number of hydrogen-bond donors (Lipinski definition) is 7. The number of thioether (sulfide) groups is 1. The monoisotopic (exact) mass is 450 g/mol. The zero-order valence-corrected chi connectivity index (χ0v) is 18.6. The van der Waals surface area contributed by atoms with Crippen molar-refractivity contribution >= 4 is 35.5 Å². The van der Waals surface area contributed by atoms with Crippen LogP contribution in [-0.2, 0) is 19.2 Å². The van der Waals surface area contributed by atoms with Crippen LogP contribution in [0.4, 0.5) is 0 Å². The maximum atomic E-state index is 12.7. The number of hydrogen-bond acceptors (Lipinski definition) is 8. The molecule has 0 aromatic carbocycles. The lowest BCUT2D eigenvalue weighted by Gasteiger charge is -2.26. The third-order valence-electron chi connectivity index (χ3n) is 4.17. The molecule has 0 aliphatic heterocycles. The van der Waals surface area contributed by atoms with Crippen molar-refractivity contribution in [1.82, 2.24) is 16.0 Å². The smallest absolute Gasteiger partial charge is 0.328 e. The van der Waals surface area contributed by atoms with Crippen LogP contribution in [0.1, 0.15) is 33.6 Å². The van der Waals surface area contributed by atoms with E-state index in [1.54, 1.807) is 0 Å². The summed E-state index contributed by atoms with van der Waals surface area (Å²) in [5.74, 6) is -2.95. The molecule has 0 bridgehead atoms. The first kappa shape index (κ1) is 28.1. The van der Waals surface area contributed by atoms with Gasteiger partial charge in [0.1, 0.15) is 18.1 Å². The van der Waals surface area contributed by atoms with E-state index in [-0.39, 0.29) is 12.3 Å². The zero-order valence-electron chi connectivity index (χ0n) is 17.8. The molecule has 0 radical (unpaired) electrons. The molecule has 12 heteroatoms. The number of aliphatic hydroxyl groups is 2. The van der Waals surface area contributed by atoms with Crippen LogP contribution in [-0.4, -0.2) is 87.9 Å². The molecule has 0 aromatic rings. The Kier molecular flexibility index (Phi) is 13.3. The number of carbonyl (C=O) groups is 4. The number of carboxylic acid groups (broad SMARTS) is 1. The van der Waals surface area contributed by atoms with Gasteiger partial charge in [-0.3, -0.25) is 14.4 Å². The number of carbonyl (C=O) groups excluding carboxylic acids is 3. The quantitative estimate of drug-likeness (QED) is 0.157. The van der Waals surface area contributed by atoms with Crippen LogP contribution in [0.5, 0.6) is 0 Å². The van der Waals surface area contributed by atoms with Crippen LogP contribution in [0.3, 0.4) is 0 Å². The van der Waals surface area contributed by atoms with Crippen molar-refractivity contribution in [1.29, 1.82) is 0 Å². The van der Waals surface area contributed by atoms with Crippen molar-refractivity contribution < 1.29 is 34.5 Å². The summed E-state index contributed by atoms with van der Waals surface area (Å²) >= 11 is 1.46. The summed E-state index contributed by atoms with van der Waals surface area (Å²) in [6, 6.07) is -4.86. The Balaban J connectivity index is 5.28. The molecule has 3 amide bonds. The van der Waals surface area contributed by atoms with Gasteiger partial charge in [0.25, 0.3) is 0 Å². The first-order valence-corrected chi connectivity index (χ1v) is 11.0. The van der Waals surface area contributed by atoms with E-state index in [0.717, 1.165) is 0 Å². The summed E-state index contributed by atoms with van der Waals surface area (Å²) in [6.45, 7) is 4.20. The first-order chi connectivity index (χ1) is 13.9. The van der Waals surface area contributed by atoms with Crippen molar-refractivity contribution in [2.24, 2.45) is 11.7 Å². The number of aliphatic hydroxyl groups excluding tert-OH is 2. The fourth-order valence-electron chi connectivity index (χ4n) is 2.50. The summed E-state index contributed by atoms with van der Waals surface area (Å²) < 4.78 is 0. The molecule has 0 saturated heterocycles.